The zero-order valence-electron chi connectivity index (χ0n) is 14.7. The predicted molar refractivity (Wildman–Crippen MR) is 99.7 cm³/mol. The predicted octanol–water partition coefficient (Wildman–Crippen LogP) is 3.93. The summed E-state index contributed by atoms with van der Waals surface area (Å²) in [5.41, 5.74) is 0.650. The lowest BCUT2D eigenvalue weighted by molar-refractivity contribution is -0.145. The van der Waals surface area contributed by atoms with Gasteiger partial charge in [0.05, 0.1) is 19.6 Å². The molecule has 1 aliphatic heterocycles. The van der Waals surface area contributed by atoms with Gasteiger partial charge in [0.25, 0.3) is 0 Å². The Morgan fingerprint density at radius 2 is 1.88 bits per heavy atom. The molecule has 0 spiro atoms. The first kappa shape index (κ1) is 18.3. The normalized spacial score (nSPS) is 18.2. The number of carbonyl (C=O) groups is 2. The highest BCUT2D eigenvalue weighted by Gasteiger charge is 2.51. The topological polar surface area (TPSA) is 64.6 Å². The lowest BCUT2D eigenvalue weighted by atomic mass is 9.72. The average Bonchev–Trinajstić information content (AvgIpc) is 2.88. The molecule has 2 aromatic carbocycles. The van der Waals surface area contributed by atoms with Crippen molar-refractivity contribution in [2.24, 2.45) is 0 Å². The number of halogens is 1. The molecule has 0 radical (unpaired) electrons. The molecule has 0 saturated heterocycles. The maximum atomic E-state index is 13.1. The van der Waals surface area contributed by atoms with E-state index in [1.165, 1.54) is 0 Å². The Kier molecular flexibility index (Phi) is 5.18. The van der Waals surface area contributed by atoms with Crippen molar-refractivity contribution in [3.8, 4) is 5.75 Å². The van der Waals surface area contributed by atoms with Crippen LogP contribution in [0.5, 0.6) is 5.75 Å². The van der Waals surface area contributed by atoms with Gasteiger partial charge in [-0.3, -0.25) is 9.59 Å². The van der Waals surface area contributed by atoms with E-state index in [4.69, 9.17) is 21.1 Å². The Balaban J connectivity index is 2.25. The summed E-state index contributed by atoms with van der Waals surface area (Å²) in [5, 5.41) is 3.36. The minimum atomic E-state index is -1.25. The van der Waals surface area contributed by atoms with Crippen molar-refractivity contribution in [1.82, 2.24) is 0 Å². The molecule has 0 aliphatic carbocycles. The van der Waals surface area contributed by atoms with Gasteiger partial charge in [-0.25, -0.2) is 0 Å². The summed E-state index contributed by atoms with van der Waals surface area (Å²) in [5.74, 6) is -0.195. The molecule has 1 heterocycles. The summed E-state index contributed by atoms with van der Waals surface area (Å²) < 4.78 is 10.9. The van der Waals surface area contributed by atoms with Gasteiger partial charge >= 0.3 is 5.97 Å². The van der Waals surface area contributed by atoms with Gasteiger partial charge in [-0.2, -0.15) is 0 Å². The number of amides is 1. The van der Waals surface area contributed by atoms with E-state index in [9.17, 15) is 9.59 Å². The van der Waals surface area contributed by atoms with Gasteiger partial charge < -0.3 is 14.8 Å². The summed E-state index contributed by atoms with van der Waals surface area (Å²) in [6.45, 7) is 4.29. The molecular formula is C20H20ClNO4. The van der Waals surface area contributed by atoms with Crippen molar-refractivity contribution in [2.75, 3.05) is 18.5 Å². The fraction of sp³-hybridized carbons (Fsp3) is 0.300. The summed E-state index contributed by atoms with van der Waals surface area (Å²) >= 11 is 6.20. The third-order valence-electron chi connectivity index (χ3n) is 4.44. The number of benzene rings is 2. The van der Waals surface area contributed by atoms with Crippen molar-refractivity contribution in [3.05, 3.63) is 58.6 Å². The maximum absolute atomic E-state index is 13.1. The number of ether oxygens (including phenoxy) is 2. The van der Waals surface area contributed by atoms with E-state index in [0.717, 1.165) is 0 Å². The van der Waals surface area contributed by atoms with Gasteiger partial charge in [0.15, 0.2) is 0 Å². The van der Waals surface area contributed by atoms with Crippen LogP contribution in [0.4, 0.5) is 5.69 Å². The first-order valence-electron chi connectivity index (χ1n) is 8.52. The van der Waals surface area contributed by atoms with E-state index < -0.39 is 11.4 Å². The first-order chi connectivity index (χ1) is 12.5. The number of hydrogen-bond acceptors (Lipinski definition) is 4. The molecule has 0 aromatic heterocycles. The van der Waals surface area contributed by atoms with Crippen LogP contribution < -0.4 is 10.1 Å². The zero-order chi connectivity index (χ0) is 18.7. The molecule has 3 rings (SSSR count). The highest BCUT2D eigenvalue weighted by molar-refractivity contribution is 6.31. The van der Waals surface area contributed by atoms with Crippen LogP contribution in [0.15, 0.2) is 42.5 Å². The molecular weight excluding hydrogens is 354 g/mol. The van der Waals surface area contributed by atoms with E-state index in [2.05, 4.69) is 5.32 Å². The van der Waals surface area contributed by atoms with Gasteiger partial charge in [0.1, 0.15) is 11.2 Å². The largest absolute Gasteiger partial charge is 0.494 e. The maximum Gasteiger partial charge on any atom is 0.307 e. The number of para-hydroxylation sites is 1. The second kappa shape index (κ2) is 7.38. The smallest absolute Gasteiger partial charge is 0.307 e. The van der Waals surface area contributed by atoms with E-state index in [1.807, 2.05) is 19.1 Å². The van der Waals surface area contributed by atoms with Gasteiger partial charge in [0, 0.05) is 16.3 Å². The van der Waals surface area contributed by atoms with E-state index in [-0.39, 0.29) is 18.9 Å². The first-order valence-corrected chi connectivity index (χ1v) is 8.90. The molecule has 1 N–H and O–H groups in total. The fourth-order valence-corrected chi connectivity index (χ4v) is 3.57. The van der Waals surface area contributed by atoms with Gasteiger partial charge in [-0.1, -0.05) is 29.8 Å². The summed E-state index contributed by atoms with van der Waals surface area (Å²) in [7, 11) is 0. The molecule has 0 bridgehead atoms. The Bertz CT molecular complexity index is 851. The number of fused-ring (bicyclic) bond motifs is 1. The summed E-state index contributed by atoms with van der Waals surface area (Å²) in [6.07, 6.45) is -0.135. The third-order valence-corrected chi connectivity index (χ3v) is 4.67. The molecule has 1 unspecified atom stereocenters. The Labute approximate surface area is 157 Å². The van der Waals surface area contributed by atoms with Crippen molar-refractivity contribution in [2.45, 2.75) is 25.7 Å². The van der Waals surface area contributed by atoms with Gasteiger partial charge in [-0.15, -0.1) is 0 Å². The summed E-state index contributed by atoms with van der Waals surface area (Å²) in [4.78, 5) is 25.6. The van der Waals surface area contributed by atoms with E-state index in [1.54, 1.807) is 37.3 Å². The Hall–Kier alpha value is -2.53. The molecule has 1 atom stereocenters. The van der Waals surface area contributed by atoms with Crippen molar-refractivity contribution >= 4 is 29.2 Å². The SMILES string of the molecule is CCOC(=O)CC1(c2ccccc2OCC)C(=O)Nc2ccc(Cl)cc21. The average molecular weight is 374 g/mol. The molecule has 136 valence electrons. The van der Waals surface area contributed by atoms with E-state index in [0.29, 0.717) is 34.2 Å². The van der Waals surface area contributed by atoms with Crippen LogP contribution in [0.25, 0.3) is 0 Å². The zero-order valence-corrected chi connectivity index (χ0v) is 15.4. The number of rotatable bonds is 6. The molecule has 6 heteroatoms. The van der Waals surface area contributed by atoms with Crippen LogP contribution in [0.3, 0.4) is 0 Å². The second-order valence-electron chi connectivity index (χ2n) is 5.96. The number of anilines is 1. The van der Waals surface area contributed by atoms with Crippen molar-refractivity contribution in [3.63, 3.8) is 0 Å². The minimum absolute atomic E-state index is 0.135. The highest BCUT2D eigenvalue weighted by atomic mass is 35.5. The number of esters is 1. The molecule has 2 aromatic rings. The quantitative estimate of drug-likeness (QED) is 0.779. The minimum Gasteiger partial charge on any atom is -0.494 e. The standard InChI is InChI=1S/C20H20ClNO4/c1-3-25-17-8-6-5-7-14(17)20(12-18(23)26-4-2)15-11-13(21)9-10-16(15)22-19(20)24/h5-11H,3-4,12H2,1-2H3,(H,22,24). The fourth-order valence-electron chi connectivity index (χ4n) is 3.40. The van der Waals surface area contributed by atoms with Crippen LogP contribution in [0.2, 0.25) is 5.02 Å². The molecule has 0 saturated carbocycles. The number of hydrogen-bond donors (Lipinski definition) is 1. The molecule has 1 aliphatic rings. The molecule has 5 nitrogen and oxygen atoms in total. The van der Waals surface area contributed by atoms with Gasteiger partial charge in [-0.05, 0) is 43.7 Å². The third kappa shape index (κ3) is 3.03. The lowest BCUT2D eigenvalue weighted by Gasteiger charge is -2.29. The number of nitrogens with one attached hydrogen (secondary N) is 1. The Morgan fingerprint density at radius 1 is 1.12 bits per heavy atom. The summed E-state index contributed by atoms with van der Waals surface area (Å²) in [6, 6.07) is 12.4. The Morgan fingerprint density at radius 3 is 2.62 bits per heavy atom. The monoisotopic (exact) mass is 373 g/mol. The van der Waals surface area contributed by atoms with Crippen molar-refractivity contribution in [1.29, 1.82) is 0 Å². The molecule has 26 heavy (non-hydrogen) atoms. The molecule has 0 fully saturated rings. The van der Waals surface area contributed by atoms with Crippen LogP contribution in [-0.4, -0.2) is 25.1 Å². The van der Waals surface area contributed by atoms with Crippen LogP contribution in [-0.2, 0) is 19.7 Å². The number of carbonyl (C=O) groups excluding carboxylic acids is 2. The van der Waals surface area contributed by atoms with Crippen LogP contribution in [0, 0.1) is 0 Å². The van der Waals surface area contributed by atoms with E-state index >= 15 is 0 Å². The van der Waals surface area contributed by atoms with Crippen LogP contribution in [0.1, 0.15) is 31.4 Å². The van der Waals surface area contributed by atoms with Crippen molar-refractivity contribution < 1.29 is 19.1 Å². The highest BCUT2D eigenvalue weighted by Crippen LogP contribution is 2.49. The van der Waals surface area contributed by atoms with Gasteiger partial charge in [0.2, 0.25) is 5.91 Å². The lowest BCUT2D eigenvalue weighted by Crippen LogP contribution is -2.39. The second-order valence-corrected chi connectivity index (χ2v) is 6.40. The molecule has 1 amide bonds. The van der Waals surface area contributed by atoms with Crippen LogP contribution >= 0.6 is 11.6 Å².